The van der Waals surface area contributed by atoms with Gasteiger partial charge in [-0.1, -0.05) is 32.9 Å². The van der Waals surface area contributed by atoms with Gasteiger partial charge in [0.1, 0.15) is 24.6 Å². The smallest absolute Gasteiger partial charge is 0.333 e. The summed E-state index contributed by atoms with van der Waals surface area (Å²) in [5, 5.41) is 0. The van der Waals surface area contributed by atoms with Gasteiger partial charge in [-0.3, -0.25) is 9.59 Å². The van der Waals surface area contributed by atoms with E-state index in [1.807, 2.05) is 26.0 Å². The van der Waals surface area contributed by atoms with E-state index in [0.29, 0.717) is 18.4 Å². The second kappa shape index (κ2) is 8.54. The summed E-state index contributed by atoms with van der Waals surface area (Å²) in [4.78, 5) is 53.0. The molecule has 0 amide bonds. The van der Waals surface area contributed by atoms with E-state index >= 15 is 0 Å². The van der Waals surface area contributed by atoms with Crippen molar-refractivity contribution in [1.29, 1.82) is 0 Å². The zero-order valence-electron chi connectivity index (χ0n) is 22.9. The zero-order valence-corrected chi connectivity index (χ0v) is 22.9. The standard InChI is InChI=1S/C31H34O8/c1-6-16(2)28(35)39-27-19-11-18-20(31(5,25(19)34)22-13-23(32)37-15-30(22,27)4)7-9-29(3)21(18)12-24(33)38-26(29)17-8-10-36-14-17/h6,8,10-12,14,19-20,22,26-27H,7,9,13,15H2,1-5H3. The molecule has 2 saturated carbocycles. The largest absolute Gasteiger partial charge is 0.472 e. The Balaban J connectivity index is 1.52. The number of esters is 3. The third-order valence-electron chi connectivity index (χ3n) is 10.5. The van der Waals surface area contributed by atoms with E-state index in [1.54, 1.807) is 38.5 Å². The Morgan fingerprint density at radius 3 is 2.64 bits per heavy atom. The van der Waals surface area contributed by atoms with Gasteiger partial charge in [0.05, 0.1) is 24.9 Å². The minimum absolute atomic E-state index is 0.0154. The van der Waals surface area contributed by atoms with Gasteiger partial charge in [0.15, 0.2) is 0 Å². The molecule has 3 fully saturated rings. The fraction of sp³-hybridized carbons (Fsp3) is 0.548. The zero-order chi connectivity index (χ0) is 27.9. The Kier molecular flexibility index (Phi) is 5.66. The molecule has 39 heavy (non-hydrogen) atoms. The van der Waals surface area contributed by atoms with Crippen molar-refractivity contribution in [3.8, 4) is 0 Å². The van der Waals surface area contributed by atoms with Crippen LogP contribution in [-0.2, 0) is 33.4 Å². The lowest BCUT2D eigenvalue weighted by molar-refractivity contribution is -0.214. The molecule has 1 aromatic rings. The number of hydrogen-bond donors (Lipinski definition) is 0. The lowest BCUT2D eigenvalue weighted by atomic mass is 9.41. The Hall–Kier alpha value is -3.42. The van der Waals surface area contributed by atoms with Crippen LogP contribution < -0.4 is 0 Å². The highest BCUT2D eigenvalue weighted by Gasteiger charge is 2.70. The van der Waals surface area contributed by atoms with Crippen LogP contribution in [0.15, 0.2) is 58.0 Å². The fourth-order valence-electron chi connectivity index (χ4n) is 8.22. The van der Waals surface area contributed by atoms with Gasteiger partial charge in [-0.05, 0) is 55.7 Å². The second-order valence-electron chi connectivity index (χ2n) is 12.5. The third kappa shape index (κ3) is 3.42. The number of ketones is 1. The highest BCUT2D eigenvalue weighted by molar-refractivity contribution is 5.96. The van der Waals surface area contributed by atoms with Crippen molar-refractivity contribution in [2.45, 2.75) is 66.1 Å². The van der Waals surface area contributed by atoms with Crippen molar-refractivity contribution in [3.05, 3.63) is 59.1 Å². The summed E-state index contributed by atoms with van der Waals surface area (Å²) in [5.41, 5.74) is 0.824. The molecule has 2 bridgehead atoms. The number of Topliss-reactive ketones (excluding diaryl/α,β-unsaturated/α-hetero) is 1. The van der Waals surface area contributed by atoms with Crippen LogP contribution in [0.25, 0.3) is 0 Å². The molecular formula is C31H34O8. The van der Waals surface area contributed by atoms with Crippen molar-refractivity contribution < 1.29 is 37.8 Å². The molecule has 8 atom stereocenters. The number of carbonyl (C=O) groups excluding carboxylic acids is 4. The molecule has 206 valence electrons. The van der Waals surface area contributed by atoms with Crippen LogP contribution in [0.5, 0.6) is 0 Å². The van der Waals surface area contributed by atoms with Crippen molar-refractivity contribution >= 4 is 23.7 Å². The minimum Gasteiger partial charge on any atom is -0.472 e. The van der Waals surface area contributed by atoms with Crippen LogP contribution in [-0.4, -0.2) is 36.4 Å². The fourth-order valence-corrected chi connectivity index (χ4v) is 8.22. The van der Waals surface area contributed by atoms with Gasteiger partial charge in [-0.15, -0.1) is 0 Å². The number of hydrogen-bond acceptors (Lipinski definition) is 8. The van der Waals surface area contributed by atoms with E-state index in [4.69, 9.17) is 18.6 Å². The lowest BCUT2D eigenvalue weighted by Crippen LogP contribution is -2.69. The molecule has 0 aromatic carbocycles. The first-order valence-electron chi connectivity index (χ1n) is 13.7. The van der Waals surface area contributed by atoms with Crippen molar-refractivity contribution in [3.63, 3.8) is 0 Å². The molecule has 3 aliphatic carbocycles. The van der Waals surface area contributed by atoms with E-state index in [1.165, 1.54) is 0 Å². The van der Waals surface area contributed by atoms with Crippen molar-refractivity contribution in [2.24, 2.45) is 34.0 Å². The van der Waals surface area contributed by atoms with Gasteiger partial charge >= 0.3 is 17.9 Å². The van der Waals surface area contributed by atoms with Gasteiger partial charge < -0.3 is 18.6 Å². The predicted octanol–water partition coefficient (Wildman–Crippen LogP) is 4.81. The molecule has 0 radical (unpaired) electrons. The number of allylic oxidation sites excluding steroid dienone is 2. The lowest BCUT2D eigenvalue weighted by Gasteiger charge is -2.63. The third-order valence-corrected chi connectivity index (χ3v) is 10.5. The normalized spacial score (nSPS) is 41.2. The molecule has 1 aromatic heterocycles. The minimum atomic E-state index is -0.893. The van der Waals surface area contributed by atoms with Gasteiger partial charge in [0.25, 0.3) is 0 Å². The monoisotopic (exact) mass is 534 g/mol. The van der Waals surface area contributed by atoms with Crippen LogP contribution in [0, 0.1) is 34.0 Å². The molecular weight excluding hydrogens is 500 g/mol. The van der Waals surface area contributed by atoms with Crippen LogP contribution in [0.2, 0.25) is 0 Å². The molecule has 8 heteroatoms. The van der Waals surface area contributed by atoms with Crippen LogP contribution in [0.3, 0.4) is 0 Å². The average Bonchev–Trinajstić information content (AvgIpc) is 3.44. The number of ether oxygens (including phenoxy) is 3. The number of rotatable bonds is 3. The number of carbonyl (C=O) groups is 4. The molecule has 6 rings (SSSR count). The Bertz CT molecular complexity index is 1360. The maximum atomic E-state index is 14.3. The highest BCUT2D eigenvalue weighted by atomic mass is 16.6. The first-order chi connectivity index (χ1) is 18.4. The SMILES string of the molecule is CC=C(C)C(=O)OC1C2C=C3C4=CC(=O)OC(c5ccoc5)C4(C)CCC3C(C)(C2=O)C2CC(=O)OCC12C. The molecule has 5 aliphatic rings. The van der Waals surface area contributed by atoms with E-state index in [2.05, 4.69) is 6.92 Å². The highest BCUT2D eigenvalue weighted by Crippen LogP contribution is 2.68. The summed E-state index contributed by atoms with van der Waals surface area (Å²) in [7, 11) is 0. The number of fused-ring (bicyclic) bond motifs is 8. The summed E-state index contributed by atoms with van der Waals surface area (Å²) in [6.45, 7) is 9.54. The van der Waals surface area contributed by atoms with Crippen LogP contribution >= 0.6 is 0 Å². The maximum absolute atomic E-state index is 14.3. The van der Waals surface area contributed by atoms with Gasteiger partial charge in [0, 0.05) is 33.5 Å². The summed E-state index contributed by atoms with van der Waals surface area (Å²) >= 11 is 0. The van der Waals surface area contributed by atoms with Gasteiger partial charge in [-0.2, -0.15) is 0 Å². The van der Waals surface area contributed by atoms with E-state index in [9.17, 15) is 19.2 Å². The van der Waals surface area contributed by atoms with Gasteiger partial charge in [0.2, 0.25) is 0 Å². The summed E-state index contributed by atoms with van der Waals surface area (Å²) in [5.74, 6) is -2.62. The first kappa shape index (κ1) is 25.8. The second-order valence-corrected chi connectivity index (χ2v) is 12.5. The van der Waals surface area contributed by atoms with Crippen molar-refractivity contribution in [1.82, 2.24) is 0 Å². The Morgan fingerprint density at radius 2 is 1.95 bits per heavy atom. The molecule has 8 nitrogen and oxygen atoms in total. The molecule has 2 aliphatic heterocycles. The average molecular weight is 535 g/mol. The molecule has 8 unspecified atom stereocenters. The topological polar surface area (TPSA) is 109 Å². The molecule has 1 saturated heterocycles. The summed E-state index contributed by atoms with van der Waals surface area (Å²) in [6, 6.07) is 1.81. The van der Waals surface area contributed by atoms with E-state index in [-0.39, 0.29) is 30.7 Å². The molecule has 0 N–H and O–H groups in total. The van der Waals surface area contributed by atoms with Gasteiger partial charge in [-0.25, -0.2) is 9.59 Å². The van der Waals surface area contributed by atoms with E-state index in [0.717, 1.165) is 16.7 Å². The predicted molar refractivity (Wildman–Crippen MR) is 138 cm³/mol. The number of furan rings is 1. The summed E-state index contributed by atoms with van der Waals surface area (Å²) in [6.07, 6.45) is 8.43. The molecule has 3 heterocycles. The quantitative estimate of drug-likeness (QED) is 0.309. The van der Waals surface area contributed by atoms with Crippen LogP contribution in [0.1, 0.15) is 65.5 Å². The van der Waals surface area contributed by atoms with Crippen molar-refractivity contribution in [2.75, 3.05) is 6.61 Å². The molecule has 0 spiro atoms. The summed E-state index contributed by atoms with van der Waals surface area (Å²) < 4.78 is 22.8. The maximum Gasteiger partial charge on any atom is 0.333 e. The Morgan fingerprint density at radius 1 is 1.18 bits per heavy atom. The van der Waals surface area contributed by atoms with Crippen LogP contribution in [0.4, 0.5) is 0 Å². The first-order valence-corrected chi connectivity index (χ1v) is 13.7. The Labute approximate surface area is 227 Å². The van der Waals surface area contributed by atoms with E-state index < -0.39 is 52.2 Å². The number of cyclic esters (lactones) is 2.